The summed E-state index contributed by atoms with van der Waals surface area (Å²) in [5.74, 6) is 0.718. The fourth-order valence-corrected chi connectivity index (χ4v) is 2.31. The van der Waals surface area contributed by atoms with Gasteiger partial charge in [0.1, 0.15) is 0 Å². The molecule has 2 rings (SSSR count). The second kappa shape index (κ2) is 4.16. The fraction of sp³-hybridized carbons (Fsp3) is 0.455. The van der Waals surface area contributed by atoms with Gasteiger partial charge in [-0.05, 0) is 43.5 Å². The van der Waals surface area contributed by atoms with Crippen LogP contribution in [0.4, 0.5) is 0 Å². The largest absolute Gasteiger partial charge is 0.317 e. The molecule has 70 valence electrons. The van der Waals surface area contributed by atoms with E-state index in [-0.39, 0.29) is 0 Å². The van der Waals surface area contributed by atoms with Crippen molar-refractivity contribution in [2.45, 2.75) is 23.7 Å². The summed E-state index contributed by atoms with van der Waals surface area (Å²) < 4.78 is 0. The highest BCUT2D eigenvalue weighted by atomic mass is 32.1. The van der Waals surface area contributed by atoms with Gasteiger partial charge in [-0.25, -0.2) is 0 Å². The van der Waals surface area contributed by atoms with E-state index in [2.05, 4.69) is 36.1 Å². The second-order valence-corrected chi connectivity index (χ2v) is 4.06. The van der Waals surface area contributed by atoms with Gasteiger partial charge in [0, 0.05) is 4.90 Å². The molecule has 0 aliphatic carbocycles. The van der Waals surface area contributed by atoms with Crippen LogP contribution in [0.3, 0.4) is 0 Å². The SMILES string of the molecule is Sc1ccccc1C1CCNCC1. The van der Waals surface area contributed by atoms with Crippen molar-refractivity contribution in [1.29, 1.82) is 0 Å². The van der Waals surface area contributed by atoms with Crippen molar-refractivity contribution < 1.29 is 0 Å². The van der Waals surface area contributed by atoms with Gasteiger partial charge in [0.05, 0.1) is 0 Å². The summed E-state index contributed by atoms with van der Waals surface area (Å²) in [7, 11) is 0. The predicted octanol–water partition coefficient (Wildman–Crippen LogP) is 2.44. The maximum absolute atomic E-state index is 4.49. The third-order valence-corrected chi connectivity index (χ3v) is 3.12. The Morgan fingerprint density at radius 2 is 1.85 bits per heavy atom. The predicted molar refractivity (Wildman–Crippen MR) is 58.5 cm³/mol. The number of hydrogen-bond acceptors (Lipinski definition) is 2. The maximum atomic E-state index is 4.49. The lowest BCUT2D eigenvalue weighted by Crippen LogP contribution is -2.26. The Hall–Kier alpha value is -0.470. The molecule has 1 saturated heterocycles. The Kier molecular flexibility index (Phi) is 2.91. The average molecular weight is 193 g/mol. The summed E-state index contributed by atoms with van der Waals surface area (Å²) in [6, 6.07) is 8.45. The van der Waals surface area contributed by atoms with E-state index < -0.39 is 0 Å². The molecule has 0 saturated carbocycles. The molecule has 1 aromatic carbocycles. The minimum atomic E-state index is 0.718. The van der Waals surface area contributed by atoms with Gasteiger partial charge in [0.15, 0.2) is 0 Å². The van der Waals surface area contributed by atoms with Crippen LogP contribution in [0.15, 0.2) is 29.2 Å². The van der Waals surface area contributed by atoms with Crippen molar-refractivity contribution >= 4 is 12.6 Å². The van der Waals surface area contributed by atoms with Gasteiger partial charge in [0.2, 0.25) is 0 Å². The smallest absolute Gasteiger partial charge is 0.00748 e. The van der Waals surface area contributed by atoms with Crippen molar-refractivity contribution in [3.8, 4) is 0 Å². The van der Waals surface area contributed by atoms with E-state index in [0.717, 1.165) is 23.9 Å². The summed E-state index contributed by atoms with van der Waals surface area (Å²) in [5, 5.41) is 3.38. The number of rotatable bonds is 1. The molecule has 1 nitrogen and oxygen atoms in total. The van der Waals surface area contributed by atoms with Crippen LogP contribution in [-0.2, 0) is 0 Å². The van der Waals surface area contributed by atoms with E-state index >= 15 is 0 Å². The normalized spacial score (nSPS) is 18.8. The van der Waals surface area contributed by atoms with Gasteiger partial charge < -0.3 is 5.32 Å². The zero-order valence-corrected chi connectivity index (χ0v) is 8.56. The molecule has 0 bridgehead atoms. The van der Waals surface area contributed by atoms with Crippen LogP contribution in [0.25, 0.3) is 0 Å². The molecule has 1 aromatic rings. The van der Waals surface area contributed by atoms with Crippen molar-refractivity contribution in [2.75, 3.05) is 13.1 Å². The lowest BCUT2D eigenvalue weighted by atomic mass is 9.90. The van der Waals surface area contributed by atoms with E-state index in [1.807, 2.05) is 6.07 Å². The molecule has 0 unspecified atom stereocenters. The summed E-state index contributed by atoms with van der Waals surface area (Å²) in [4.78, 5) is 1.15. The Labute approximate surface area is 85.0 Å². The summed E-state index contributed by atoms with van der Waals surface area (Å²) in [5.41, 5.74) is 1.42. The molecule has 1 aliphatic heterocycles. The van der Waals surface area contributed by atoms with Gasteiger partial charge in [-0.2, -0.15) is 0 Å². The molecular formula is C11H15NS. The van der Waals surface area contributed by atoms with Crippen molar-refractivity contribution in [3.63, 3.8) is 0 Å². The van der Waals surface area contributed by atoms with E-state index in [4.69, 9.17) is 0 Å². The van der Waals surface area contributed by atoms with Crippen molar-refractivity contribution in [1.82, 2.24) is 5.32 Å². The van der Waals surface area contributed by atoms with E-state index in [0.29, 0.717) is 0 Å². The first kappa shape index (κ1) is 9.10. The molecule has 2 heteroatoms. The number of thiol groups is 1. The highest BCUT2D eigenvalue weighted by molar-refractivity contribution is 7.80. The van der Waals surface area contributed by atoms with E-state index in [9.17, 15) is 0 Å². The number of hydrogen-bond donors (Lipinski definition) is 2. The maximum Gasteiger partial charge on any atom is 0.00748 e. The zero-order chi connectivity index (χ0) is 9.10. The lowest BCUT2D eigenvalue weighted by Gasteiger charge is -2.23. The van der Waals surface area contributed by atoms with Gasteiger partial charge in [-0.15, -0.1) is 12.6 Å². The molecule has 0 radical (unpaired) electrons. The summed E-state index contributed by atoms with van der Waals surface area (Å²) in [6.45, 7) is 2.29. The molecule has 0 spiro atoms. The van der Waals surface area contributed by atoms with Crippen LogP contribution in [-0.4, -0.2) is 13.1 Å². The van der Waals surface area contributed by atoms with Gasteiger partial charge in [-0.3, -0.25) is 0 Å². The van der Waals surface area contributed by atoms with Crippen LogP contribution in [0, 0.1) is 0 Å². The first-order valence-corrected chi connectivity index (χ1v) is 5.31. The minimum absolute atomic E-state index is 0.718. The van der Waals surface area contributed by atoms with Gasteiger partial charge >= 0.3 is 0 Å². The molecule has 13 heavy (non-hydrogen) atoms. The molecule has 1 heterocycles. The monoisotopic (exact) mass is 193 g/mol. The van der Waals surface area contributed by atoms with E-state index in [1.165, 1.54) is 18.4 Å². The molecule has 1 N–H and O–H groups in total. The summed E-state index contributed by atoms with van der Waals surface area (Å²) in [6.07, 6.45) is 2.50. The third kappa shape index (κ3) is 2.06. The Balaban J connectivity index is 2.18. The van der Waals surface area contributed by atoms with Gasteiger partial charge in [-0.1, -0.05) is 18.2 Å². The fourth-order valence-electron chi connectivity index (χ4n) is 1.97. The van der Waals surface area contributed by atoms with Gasteiger partial charge in [0.25, 0.3) is 0 Å². The van der Waals surface area contributed by atoms with Crippen LogP contribution in [0.5, 0.6) is 0 Å². The summed E-state index contributed by atoms with van der Waals surface area (Å²) >= 11 is 4.49. The second-order valence-electron chi connectivity index (χ2n) is 3.58. The standard InChI is InChI=1S/C11H15NS/c13-11-4-2-1-3-10(11)9-5-7-12-8-6-9/h1-4,9,12-13H,5-8H2. The van der Waals surface area contributed by atoms with Crippen LogP contribution in [0.2, 0.25) is 0 Å². The molecule has 1 fully saturated rings. The molecular weight excluding hydrogens is 178 g/mol. The molecule has 0 atom stereocenters. The molecule has 0 amide bonds. The minimum Gasteiger partial charge on any atom is -0.317 e. The van der Waals surface area contributed by atoms with E-state index in [1.54, 1.807) is 0 Å². The first-order chi connectivity index (χ1) is 6.38. The highest BCUT2D eigenvalue weighted by Gasteiger charge is 2.16. The topological polar surface area (TPSA) is 12.0 Å². The number of benzene rings is 1. The Morgan fingerprint density at radius 1 is 1.15 bits per heavy atom. The zero-order valence-electron chi connectivity index (χ0n) is 7.66. The Bertz CT molecular complexity index is 279. The molecule has 1 aliphatic rings. The van der Waals surface area contributed by atoms with Crippen molar-refractivity contribution in [3.05, 3.63) is 29.8 Å². The number of nitrogens with one attached hydrogen (secondary N) is 1. The molecule has 0 aromatic heterocycles. The van der Waals surface area contributed by atoms with Crippen LogP contribution >= 0.6 is 12.6 Å². The average Bonchev–Trinajstić information content (AvgIpc) is 2.20. The highest BCUT2D eigenvalue weighted by Crippen LogP contribution is 2.29. The quantitative estimate of drug-likeness (QED) is 0.653. The van der Waals surface area contributed by atoms with Crippen LogP contribution in [0.1, 0.15) is 24.3 Å². The third-order valence-electron chi connectivity index (χ3n) is 2.72. The lowest BCUT2D eigenvalue weighted by molar-refractivity contribution is 0.456. The number of piperidine rings is 1. The first-order valence-electron chi connectivity index (χ1n) is 4.86. The van der Waals surface area contributed by atoms with Crippen molar-refractivity contribution in [2.24, 2.45) is 0 Å². The Morgan fingerprint density at radius 3 is 2.54 bits per heavy atom. The van der Waals surface area contributed by atoms with Crippen LogP contribution < -0.4 is 5.32 Å².